The van der Waals surface area contributed by atoms with Crippen molar-refractivity contribution in [2.45, 2.75) is 19.4 Å². The van der Waals surface area contributed by atoms with E-state index in [0.717, 1.165) is 11.3 Å². The van der Waals surface area contributed by atoms with Gasteiger partial charge in [0, 0.05) is 24.6 Å². The Morgan fingerprint density at radius 3 is 2.48 bits per heavy atom. The van der Waals surface area contributed by atoms with Crippen molar-refractivity contribution in [3.05, 3.63) is 60.1 Å². The summed E-state index contributed by atoms with van der Waals surface area (Å²) in [4.78, 5) is 26.3. The molecule has 1 aromatic heterocycles. The van der Waals surface area contributed by atoms with Crippen LogP contribution in [0.3, 0.4) is 0 Å². The molecule has 0 aliphatic carbocycles. The van der Waals surface area contributed by atoms with E-state index in [9.17, 15) is 9.59 Å². The molecule has 5 heteroatoms. The zero-order chi connectivity index (χ0) is 16.1. The number of ketones is 1. The lowest BCUT2D eigenvalue weighted by Crippen LogP contribution is -2.45. The molecule has 2 aromatic rings. The first kappa shape index (κ1) is 15.3. The summed E-state index contributed by atoms with van der Waals surface area (Å²) in [5.74, 6) is 0.917. The van der Waals surface area contributed by atoms with Gasteiger partial charge in [-0.25, -0.2) is 4.79 Å². The van der Waals surface area contributed by atoms with Crippen LogP contribution in [0.5, 0.6) is 0 Å². The summed E-state index contributed by atoms with van der Waals surface area (Å²) >= 11 is 0. The number of furan rings is 1. The van der Waals surface area contributed by atoms with Crippen LogP contribution in [0.2, 0.25) is 0 Å². The monoisotopic (exact) mass is 312 g/mol. The number of piperidine rings is 1. The van der Waals surface area contributed by atoms with Gasteiger partial charge in [0.25, 0.3) is 0 Å². The minimum absolute atomic E-state index is 0.00604. The maximum absolute atomic E-state index is 12.4. The Morgan fingerprint density at radius 2 is 1.83 bits per heavy atom. The van der Waals surface area contributed by atoms with Crippen LogP contribution in [0, 0.1) is 5.92 Å². The molecule has 2 heterocycles. The van der Waals surface area contributed by atoms with Crippen molar-refractivity contribution in [2.24, 2.45) is 5.92 Å². The van der Waals surface area contributed by atoms with E-state index >= 15 is 0 Å². The van der Waals surface area contributed by atoms with Gasteiger partial charge in [0.15, 0.2) is 5.78 Å². The number of nitrogens with zero attached hydrogens (tertiary/aromatic N) is 1. The number of hydrogen-bond donors (Lipinski definition) is 1. The third-order valence-corrected chi connectivity index (χ3v) is 4.21. The van der Waals surface area contributed by atoms with Gasteiger partial charge in [-0.3, -0.25) is 4.79 Å². The van der Waals surface area contributed by atoms with E-state index in [2.05, 4.69) is 5.32 Å². The maximum atomic E-state index is 12.4. The quantitative estimate of drug-likeness (QED) is 0.883. The number of Topliss-reactive ketones (excluding diaryl/α,β-unsaturated/α-hetero) is 1. The zero-order valence-electron chi connectivity index (χ0n) is 12.9. The number of amides is 2. The first-order chi connectivity index (χ1) is 11.2. The molecule has 0 spiro atoms. The largest absolute Gasteiger partial charge is 0.467 e. The molecule has 2 amide bonds. The fourth-order valence-electron chi connectivity index (χ4n) is 2.87. The summed E-state index contributed by atoms with van der Waals surface area (Å²) in [5, 5.41) is 2.84. The lowest BCUT2D eigenvalue weighted by Gasteiger charge is -2.31. The van der Waals surface area contributed by atoms with Gasteiger partial charge in [-0.15, -0.1) is 0 Å². The number of urea groups is 1. The van der Waals surface area contributed by atoms with Crippen LogP contribution in [-0.4, -0.2) is 29.8 Å². The SMILES string of the molecule is O=C(c1ccccc1)C1CCN(C(=O)NCc2ccco2)CC1. The summed E-state index contributed by atoms with van der Waals surface area (Å²) in [5.41, 5.74) is 0.758. The molecule has 0 saturated carbocycles. The molecule has 0 radical (unpaired) electrons. The Labute approximate surface area is 135 Å². The lowest BCUT2D eigenvalue weighted by atomic mass is 9.89. The Hall–Kier alpha value is -2.56. The predicted molar refractivity (Wildman–Crippen MR) is 86.0 cm³/mol. The summed E-state index contributed by atoms with van der Waals surface area (Å²) < 4.78 is 5.19. The fraction of sp³-hybridized carbons (Fsp3) is 0.333. The lowest BCUT2D eigenvalue weighted by molar-refractivity contribution is 0.0854. The number of likely N-dealkylation sites (tertiary alicyclic amines) is 1. The number of rotatable bonds is 4. The van der Waals surface area contributed by atoms with E-state index in [-0.39, 0.29) is 17.7 Å². The molecule has 0 unspecified atom stereocenters. The van der Waals surface area contributed by atoms with E-state index in [1.165, 1.54) is 0 Å². The van der Waals surface area contributed by atoms with Crippen LogP contribution in [0.15, 0.2) is 53.1 Å². The summed E-state index contributed by atoms with van der Waals surface area (Å²) in [7, 11) is 0. The first-order valence-corrected chi connectivity index (χ1v) is 7.88. The number of nitrogens with one attached hydrogen (secondary N) is 1. The van der Waals surface area contributed by atoms with Gasteiger partial charge in [0.2, 0.25) is 0 Å². The molecule has 1 N–H and O–H groups in total. The van der Waals surface area contributed by atoms with E-state index in [0.29, 0.717) is 32.5 Å². The van der Waals surface area contributed by atoms with Gasteiger partial charge in [0.05, 0.1) is 12.8 Å². The van der Waals surface area contributed by atoms with E-state index < -0.39 is 0 Å². The number of carbonyl (C=O) groups excluding carboxylic acids is 2. The van der Waals surface area contributed by atoms with Crippen LogP contribution in [-0.2, 0) is 6.54 Å². The number of carbonyl (C=O) groups is 2. The molecule has 1 saturated heterocycles. The Bertz CT molecular complexity index is 644. The van der Waals surface area contributed by atoms with Crippen molar-refractivity contribution in [1.29, 1.82) is 0 Å². The maximum Gasteiger partial charge on any atom is 0.317 e. The van der Waals surface area contributed by atoms with E-state index in [1.54, 1.807) is 17.2 Å². The molecule has 0 bridgehead atoms. The average molecular weight is 312 g/mol. The molecule has 1 aliphatic heterocycles. The Kier molecular flexibility index (Phi) is 4.76. The highest BCUT2D eigenvalue weighted by atomic mass is 16.3. The molecule has 0 atom stereocenters. The first-order valence-electron chi connectivity index (χ1n) is 7.88. The van der Waals surface area contributed by atoms with Crippen molar-refractivity contribution >= 4 is 11.8 Å². The molecule has 1 fully saturated rings. The molecule has 1 aliphatic rings. The van der Waals surface area contributed by atoms with Crippen molar-refractivity contribution < 1.29 is 14.0 Å². The molecule has 120 valence electrons. The topological polar surface area (TPSA) is 62.6 Å². The molecular weight excluding hydrogens is 292 g/mol. The van der Waals surface area contributed by atoms with Crippen molar-refractivity contribution in [3.63, 3.8) is 0 Å². The van der Waals surface area contributed by atoms with Crippen LogP contribution in [0.4, 0.5) is 4.79 Å². The van der Waals surface area contributed by atoms with Crippen molar-refractivity contribution in [2.75, 3.05) is 13.1 Å². The molecule has 1 aromatic carbocycles. The van der Waals surface area contributed by atoms with Crippen LogP contribution in [0.25, 0.3) is 0 Å². The van der Waals surface area contributed by atoms with Crippen LogP contribution in [0.1, 0.15) is 29.0 Å². The second-order valence-electron chi connectivity index (χ2n) is 5.73. The van der Waals surface area contributed by atoms with Crippen molar-refractivity contribution in [1.82, 2.24) is 10.2 Å². The summed E-state index contributed by atoms with van der Waals surface area (Å²) in [6.45, 7) is 1.59. The third kappa shape index (κ3) is 3.80. The highest BCUT2D eigenvalue weighted by molar-refractivity contribution is 5.97. The van der Waals surface area contributed by atoms with E-state index in [1.807, 2.05) is 36.4 Å². The standard InChI is InChI=1S/C18H20N2O3/c21-17(14-5-2-1-3-6-14)15-8-10-20(11-9-15)18(22)19-13-16-7-4-12-23-16/h1-7,12,15H,8-11,13H2,(H,19,22). The summed E-state index contributed by atoms with van der Waals surface area (Å²) in [6.07, 6.45) is 3.01. The average Bonchev–Trinajstić information content (AvgIpc) is 3.13. The third-order valence-electron chi connectivity index (χ3n) is 4.21. The molecule has 23 heavy (non-hydrogen) atoms. The second kappa shape index (κ2) is 7.13. The minimum atomic E-state index is -0.105. The van der Waals surface area contributed by atoms with Gasteiger partial charge in [0.1, 0.15) is 5.76 Å². The minimum Gasteiger partial charge on any atom is -0.467 e. The number of hydrogen-bond acceptors (Lipinski definition) is 3. The van der Waals surface area contributed by atoms with Gasteiger partial charge in [-0.05, 0) is 25.0 Å². The fourth-order valence-corrected chi connectivity index (χ4v) is 2.87. The number of benzene rings is 1. The molecule has 5 nitrogen and oxygen atoms in total. The van der Waals surface area contributed by atoms with Gasteiger partial charge in [-0.2, -0.15) is 0 Å². The smallest absolute Gasteiger partial charge is 0.317 e. The normalized spacial score (nSPS) is 15.4. The van der Waals surface area contributed by atoms with Crippen LogP contribution >= 0.6 is 0 Å². The van der Waals surface area contributed by atoms with Crippen LogP contribution < -0.4 is 5.32 Å². The Morgan fingerprint density at radius 1 is 1.09 bits per heavy atom. The molecule has 3 rings (SSSR count). The van der Waals surface area contributed by atoms with Gasteiger partial charge in [-0.1, -0.05) is 30.3 Å². The zero-order valence-corrected chi connectivity index (χ0v) is 12.9. The van der Waals surface area contributed by atoms with Gasteiger partial charge < -0.3 is 14.6 Å². The summed E-state index contributed by atoms with van der Waals surface area (Å²) in [6, 6.07) is 12.9. The second-order valence-corrected chi connectivity index (χ2v) is 5.73. The van der Waals surface area contributed by atoms with E-state index in [4.69, 9.17) is 4.42 Å². The predicted octanol–water partition coefficient (Wildman–Crippen LogP) is 3.08. The highest BCUT2D eigenvalue weighted by Gasteiger charge is 2.27. The van der Waals surface area contributed by atoms with Crippen molar-refractivity contribution in [3.8, 4) is 0 Å². The Balaban J connectivity index is 1.48. The molecular formula is C18H20N2O3. The van der Waals surface area contributed by atoms with Gasteiger partial charge >= 0.3 is 6.03 Å². The highest BCUT2D eigenvalue weighted by Crippen LogP contribution is 2.21.